The van der Waals surface area contributed by atoms with E-state index in [0.29, 0.717) is 17.9 Å². The number of hydrogen-bond donors (Lipinski definition) is 2. The topological polar surface area (TPSA) is 108 Å². The molecule has 0 bridgehead atoms. The van der Waals surface area contributed by atoms with Gasteiger partial charge in [0.05, 0.1) is 0 Å². The van der Waals surface area contributed by atoms with Crippen molar-refractivity contribution in [2.45, 2.75) is 19.5 Å². The highest BCUT2D eigenvalue weighted by atomic mass is 19.4. The largest absolute Gasteiger partial charge is 0.465 e. The number of aromatic nitrogens is 4. The molecule has 0 saturated carbocycles. The van der Waals surface area contributed by atoms with E-state index in [2.05, 4.69) is 47.6 Å². The third kappa shape index (κ3) is 8.29. The van der Waals surface area contributed by atoms with Crippen molar-refractivity contribution in [3.8, 4) is 17.3 Å². The highest BCUT2D eigenvalue weighted by Crippen LogP contribution is 2.31. The number of carbonyl (C=O) groups is 1. The molecule has 0 spiro atoms. The van der Waals surface area contributed by atoms with Crippen LogP contribution in [0.4, 0.5) is 34.8 Å². The SMILES string of the molecule is Cc1ccc(F)c(-c2cc(Nc3ccnc(NC(=O)CCN4CCN(C)CC4)c3)c(OCC(F)(F)F)nn2)n1. The molecule has 208 valence electrons. The Kier molecular flexibility index (Phi) is 8.86. The molecule has 10 nitrogen and oxygen atoms in total. The van der Waals surface area contributed by atoms with Gasteiger partial charge in [0.15, 0.2) is 12.4 Å². The number of likely N-dealkylation sites (N-methyl/N-ethyl adjacent to an activating group) is 1. The standard InChI is InChI=1S/C25H28F4N8O2/c1-16-3-4-18(26)23(31-16)19-14-20(24(35-34-19)39-15-25(27,28)29)32-17-5-7-30-21(13-17)33-22(38)6-8-37-11-9-36(2)10-12-37/h3-5,7,13-14H,6,8-12,15H2,1-2H3,(H2,30,32,33,34,38). The summed E-state index contributed by atoms with van der Waals surface area (Å²) in [6.07, 6.45) is -2.91. The number of amides is 1. The van der Waals surface area contributed by atoms with Crippen LogP contribution in [0.5, 0.6) is 5.88 Å². The highest BCUT2D eigenvalue weighted by Gasteiger charge is 2.29. The Morgan fingerprint density at radius 1 is 1.10 bits per heavy atom. The molecule has 0 radical (unpaired) electrons. The lowest BCUT2D eigenvalue weighted by atomic mass is 10.2. The maximum atomic E-state index is 14.4. The van der Waals surface area contributed by atoms with Crippen LogP contribution in [0.25, 0.3) is 11.4 Å². The number of ether oxygens (including phenoxy) is 1. The van der Waals surface area contributed by atoms with E-state index >= 15 is 0 Å². The number of hydrogen-bond acceptors (Lipinski definition) is 9. The summed E-state index contributed by atoms with van der Waals surface area (Å²) < 4.78 is 57.7. The smallest absolute Gasteiger partial charge is 0.422 e. The lowest BCUT2D eigenvalue weighted by Crippen LogP contribution is -2.45. The van der Waals surface area contributed by atoms with Crippen LogP contribution in [0, 0.1) is 12.7 Å². The molecule has 3 aromatic rings. The van der Waals surface area contributed by atoms with E-state index in [1.165, 1.54) is 30.5 Å². The summed E-state index contributed by atoms with van der Waals surface area (Å²) in [6, 6.07) is 7.02. The van der Waals surface area contributed by atoms with Crippen molar-refractivity contribution in [1.82, 2.24) is 30.0 Å². The van der Waals surface area contributed by atoms with Crippen molar-refractivity contribution in [2.24, 2.45) is 0 Å². The molecule has 39 heavy (non-hydrogen) atoms. The number of anilines is 3. The molecule has 1 aliphatic rings. The summed E-state index contributed by atoms with van der Waals surface area (Å²) in [7, 11) is 2.06. The van der Waals surface area contributed by atoms with Crippen molar-refractivity contribution in [1.29, 1.82) is 0 Å². The van der Waals surface area contributed by atoms with Gasteiger partial charge in [-0.15, -0.1) is 10.2 Å². The maximum absolute atomic E-state index is 14.4. The highest BCUT2D eigenvalue weighted by molar-refractivity contribution is 5.90. The summed E-state index contributed by atoms with van der Waals surface area (Å²) in [5, 5.41) is 13.2. The third-order valence-corrected chi connectivity index (χ3v) is 5.92. The quantitative estimate of drug-likeness (QED) is 0.388. The monoisotopic (exact) mass is 548 g/mol. The number of halogens is 4. The molecule has 1 saturated heterocycles. The Bertz CT molecular complexity index is 1300. The van der Waals surface area contributed by atoms with Gasteiger partial charge >= 0.3 is 6.18 Å². The van der Waals surface area contributed by atoms with Gasteiger partial charge in [-0.3, -0.25) is 4.79 Å². The van der Waals surface area contributed by atoms with Crippen molar-refractivity contribution < 1.29 is 27.1 Å². The Morgan fingerprint density at radius 2 is 1.87 bits per heavy atom. The van der Waals surface area contributed by atoms with Crippen molar-refractivity contribution in [2.75, 3.05) is 57.0 Å². The minimum absolute atomic E-state index is 0.00880. The fourth-order valence-corrected chi connectivity index (χ4v) is 3.83. The van der Waals surface area contributed by atoms with Crippen LogP contribution in [0.1, 0.15) is 12.1 Å². The van der Waals surface area contributed by atoms with E-state index in [4.69, 9.17) is 4.74 Å². The second kappa shape index (κ2) is 12.3. The number of nitrogens with zero attached hydrogens (tertiary/aromatic N) is 6. The van der Waals surface area contributed by atoms with Crippen LogP contribution in [0.2, 0.25) is 0 Å². The number of piperazine rings is 1. The Labute approximate surface area is 222 Å². The van der Waals surface area contributed by atoms with E-state index in [9.17, 15) is 22.4 Å². The van der Waals surface area contributed by atoms with Gasteiger partial charge in [0.25, 0.3) is 5.88 Å². The van der Waals surface area contributed by atoms with Crippen LogP contribution in [0.3, 0.4) is 0 Å². The van der Waals surface area contributed by atoms with Crippen LogP contribution >= 0.6 is 0 Å². The van der Waals surface area contributed by atoms with E-state index in [1.807, 2.05) is 0 Å². The van der Waals surface area contributed by atoms with Crippen molar-refractivity contribution >= 4 is 23.1 Å². The van der Waals surface area contributed by atoms with E-state index in [0.717, 1.165) is 26.2 Å². The summed E-state index contributed by atoms with van der Waals surface area (Å²) in [4.78, 5) is 25.2. The summed E-state index contributed by atoms with van der Waals surface area (Å²) in [6.45, 7) is 4.36. The van der Waals surface area contributed by atoms with E-state index in [1.54, 1.807) is 13.0 Å². The first-order chi connectivity index (χ1) is 18.6. The molecular formula is C25H28F4N8O2. The summed E-state index contributed by atoms with van der Waals surface area (Å²) in [5.41, 5.74) is 0.751. The van der Waals surface area contributed by atoms with Gasteiger partial charge in [-0.1, -0.05) is 0 Å². The molecule has 1 fully saturated rings. The van der Waals surface area contributed by atoms with Crippen LogP contribution < -0.4 is 15.4 Å². The molecule has 0 aromatic carbocycles. The van der Waals surface area contributed by atoms with E-state index in [-0.39, 0.29) is 35.2 Å². The zero-order valence-corrected chi connectivity index (χ0v) is 21.4. The molecule has 3 aromatic heterocycles. The Morgan fingerprint density at radius 3 is 2.62 bits per heavy atom. The zero-order valence-electron chi connectivity index (χ0n) is 21.4. The third-order valence-electron chi connectivity index (χ3n) is 5.92. The Hall–Kier alpha value is -3.91. The van der Waals surface area contributed by atoms with Gasteiger partial charge in [-0.2, -0.15) is 13.2 Å². The minimum Gasteiger partial charge on any atom is -0.465 e. The second-order valence-corrected chi connectivity index (χ2v) is 9.13. The molecule has 0 unspecified atom stereocenters. The average molecular weight is 549 g/mol. The maximum Gasteiger partial charge on any atom is 0.422 e. The number of aryl methyl sites for hydroxylation is 1. The van der Waals surface area contributed by atoms with Gasteiger partial charge in [0.2, 0.25) is 5.91 Å². The van der Waals surface area contributed by atoms with Gasteiger partial charge in [-0.05, 0) is 38.2 Å². The van der Waals surface area contributed by atoms with Gasteiger partial charge in [0.1, 0.15) is 22.9 Å². The van der Waals surface area contributed by atoms with Gasteiger partial charge < -0.3 is 25.2 Å². The lowest BCUT2D eigenvalue weighted by molar-refractivity contribution is -0.154. The van der Waals surface area contributed by atoms with Crippen molar-refractivity contribution in [3.05, 3.63) is 48.0 Å². The summed E-state index contributed by atoms with van der Waals surface area (Å²) in [5.74, 6) is -1.09. The first-order valence-electron chi connectivity index (χ1n) is 12.2. The molecule has 2 N–H and O–H groups in total. The lowest BCUT2D eigenvalue weighted by Gasteiger charge is -2.32. The first kappa shape index (κ1) is 28.1. The number of rotatable bonds is 9. The number of alkyl halides is 3. The fraction of sp³-hybridized carbons (Fsp3) is 0.400. The van der Waals surface area contributed by atoms with Crippen LogP contribution in [0.15, 0.2) is 36.5 Å². The minimum atomic E-state index is -4.61. The van der Waals surface area contributed by atoms with Crippen LogP contribution in [-0.4, -0.2) is 88.4 Å². The van der Waals surface area contributed by atoms with Gasteiger partial charge in [-0.25, -0.2) is 14.4 Å². The fourth-order valence-electron chi connectivity index (χ4n) is 3.83. The normalized spacial score (nSPS) is 14.7. The first-order valence-corrected chi connectivity index (χ1v) is 12.2. The molecule has 1 amide bonds. The molecule has 1 aliphatic heterocycles. The predicted molar refractivity (Wildman–Crippen MR) is 136 cm³/mol. The summed E-state index contributed by atoms with van der Waals surface area (Å²) >= 11 is 0. The molecule has 4 heterocycles. The molecule has 0 atom stereocenters. The van der Waals surface area contributed by atoms with E-state index < -0.39 is 24.5 Å². The number of pyridine rings is 2. The predicted octanol–water partition coefficient (Wildman–Crippen LogP) is 3.64. The average Bonchev–Trinajstić information content (AvgIpc) is 2.89. The number of nitrogens with one attached hydrogen (secondary N) is 2. The molecular weight excluding hydrogens is 520 g/mol. The van der Waals surface area contributed by atoms with Gasteiger partial charge in [0, 0.05) is 62.8 Å². The Balaban J connectivity index is 1.49. The van der Waals surface area contributed by atoms with Crippen molar-refractivity contribution in [3.63, 3.8) is 0 Å². The molecule has 4 rings (SSSR count). The zero-order chi connectivity index (χ0) is 28.0. The molecule has 0 aliphatic carbocycles. The number of carbonyl (C=O) groups excluding carboxylic acids is 1. The second-order valence-electron chi connectivity index (χ2n) is 9.13. The molecule has 14 heteroatoms. The van der Waals surface area contributed by atoms with Crippen LogP contribution in [-0.2, 0) is 4.79 Å².